The van der Waals surface area contributed by atoms with Crippen molar-refractivity contribution in [2.24, 2.45) is 16.7 Å². The van der Waals surface area contributed by atoms with Crippen LogP contribution in [0.4, 0.5) is 0 Å². The first-order chi connectivity index (χ1) is 4.92. The Hall–Kier alpha value is -0.0400. The van der Waals surface area contributed by atoms with Gasteiger partial charge in [0.15, 0.2) is 0 Å². The van der Waals surface area contributed by atoms with E-state index in [0.29, 0.717) is 17.4 Å². The predicted molar refractivity (Wildman–Crippen MR) is 47.4 cm³/mol. The molecule has 0 bridgehead atoms. The number of rotatable bonds is 2. The third-order valence-corrected chi connectivity index (χ3v) is 3.60. The average Bonchev–Trinajstić information content (AvgIpc) is 2.43. The largest absolute Gasteiger partial charge is 0.396 e. The smallest absolute Gasteiger partial charge is 0.0433 e. The Kier molecular flexibility index (Phi) is 2.04. The zero-order valence-electron chi connectivity index (χ0n) is 8.15. The van der Waals surface area contributed by atoms with Crippen molar-refractivity contribution < 1.29 is 5.11 Å². The molecule has 0 spiro atoms. The first kappa shape index (κ1) is 9.05. The van der Waals surface area contributed by atoms with Crippen LogP contribution in [0.3, 0.4) is 0 Å². The van der Waals surface area contributed by atoms with E-state index < -0.39 is 0 Å². The van der Waals surface area contributed by atoms with Gasteiger partial charge in [-0.3, -0.25) is 0 Å². The van der Waals surface area contributed by atoms with Crippen molar-refractivity contribution in [2.45, 2.75) is 40.5 Å². The molecule has 0 aromatic heterocycles. The van der Waals surface area contributed by atoms with Gasteiger partial charge in [-0.2, -0.15) is 0 Å². The summed E-state index contributed by atoms with van der Waals surface area (Å²) < 4.78 is 0. The van der Waals surface area contributed by atoms with Gasteiger partial charge in [-0.25, -0.2) is 0 Å². The molecule has 0 saturated heterocycles. The molecule has 1 heteroatoms. The van der Waals surface area contributed by atoms with Crippen molar-refractivity contribution in [3.63, 3.8) is 0 Å². The second kappa shape index (κ2) is 2.48. The highest BCUT2D eigenvalue weighted by Gasteiger charge is 2.56. The second-order valence-electron chi connectivity index (χ2n) is 5.08. The minimum absolute atomic E-state index is 0.357. The van der Waals surface area contributed by atoms with Gasteiger partial charge in [0.25, 0.3) is 0 Å². The van der Waals surface area contributed by atoms with Gasteiger partial charge in [0.05, 0.1) is 0 Å². The number of aliphatic hydroxyl groups excluding tert-OH is 1. The van der Waals surface area contributed by atoms with Gasteiger partial charge in [-0.1, -0.05) is 27.7 Å². The molecule has 0 radical (unpaired) electrons. The van der Waals surface area contributed by atoms with Crippen LogP contribution in [-0.2, 0) is 0 Å². The van der Waals surface area contributed by atoms with Crippen molar-refractivity contribution in [3.05, 3.63) is 0 Å². The first-order valence-electron chi connectivity index (χ1n) is 4.52. The second-order valence-corrected chi connectivity index (χ2v) is 5.08. The Labute approximate surface area is 69.8 Å². The lowest BCUT2D eigenvalue weighted by atomic mass is 9.77. The summed E-state index contributed by atoms with van der Waals surface area (Å²) >= 11 is 0. The van der Waals surface area contributed by atoms with Crippen LogP contribution in [0.2, 0.25) is 0 Å². The fourth-order valence-electron chi connectivity index (χ4n) is 1.95. The number of aliphatic hydroxyl groups is 1. The minimum atomic E-state index is 0.357. The van der Waals surface area contributed by atoms with E-state index in [1.54, 1.807) is 0 Å². The molecular weight excluding hydrogens is 136 g/mol. The quantitative estimate of drug-likeness (QED) is 0.651. The summed E-state index contributed by atoms with van der Waals surface area (Å²) in [6.07, 6.45) is 2.30. The highest BCUT2D eigenvalue weighted by Crippen LogP contribution is 2.64. The van der Waals surface area contributed by atoms with Crippen molar-refractivity contribution in [3.8, 4) is 0 Å². The van der Waals surface area contributed by atoms with E-state index >= 15 is 0 Å². The lowest BCUT2D eigenvalue weighted by molar-refractivity contribution is 0.194. The molecular formula is C10H20O. The Morgan fingerprint density at radius 3 is 2.27 bits per heavy atom. The van der Waals surface area contributed by atoms with E-state index in [0.717, 1.165) is 12.3 Å². The van der Waals surface area contributed by atoms with E-state index in [-0.39, 0.29) is 0 Å². The number of hydrogen-bond donors (Lipinski definition) is 1. The van der Waals surface area contributed by atoms with Crippen molar-refractivity contribution in [1.29, 1.82) is 0 Å². The summed E-state index contributed by atoms with van der Waals surface area (Å²) in [5.41, 5.74) is 0.905. The van der Waals surface area contributed by atoms with Crippen LogP contribution in [0.15, 0.2) is 0 Å². The van der Waals surface area contributed by atoms with Crippen LogP contribution < -0.4 is 0 Å². The molecule has 1 fully saturated rings. The lowest BCUT2D eigenvalue weighted by Gasteiger charge is -2.28. The van der Waals surface area contributed by atoms with Gasteiger partial charge in [0, 0.05) is 6.61 Å². The van der Waals surface area contributed by atoms with Crippen molar-refractivity contribution in [2.75, 3.05) is 6.61 Å². The summed E-state index contributed by atoms with van der Waals surface area (Å²) in [6.45, 7) is 9.59. The van der Waals surface area contributed by atoms with Gasteiger partial charge in [0.2, 0.25) is 0 Å². The molecule has 66 valence electrons. The summed E-state index contributed by atoms with van der Waals surface area (Å²) in [5.74, 6) is 0.771. The van der Waals surface area contributed by atoms with Gasteiger partial charge >= 0.3 is 0 Å². The highest BCUT2D eigenvalue weighted by molar-refractivity contribution is 5.05. The molecule has 11 heavy (non-hydrogen) atoms. The first-order valence-corrected chi connectivity index (χ1v) is 4.52. The molecule has 1 N–H and O–H groups in total. The Bertz CT molecular complexity index is 145. The Morgan fingerprint density at radius 1 is 1.45 bits per heavy atom. The topological polar surface area (TPSA) is 20.2 Å². The van der Waals surface area contributed by atoms with E-state index in [1.165, 1.54) is 6.42 Å². The molecule has 2 atom stereocenters. The maximum Gasteiger partial charge on any atom is 0.0433 e. The summed E-state index contributed by atoms with van der Waals surface area (Å²) in [6, 6.07) is 0. The molecule has 0 aliphatic heterocycles. The van der Waals surface area contributed by atoms with E-state index in [4.69, 9.17) is 5.11 Å². The van der Waals surface area contributed by atoms with Gasteiger partial charge < -0.3 is 5.11 Å². The van der Waals surface area contributed by atoms with Crippen LogP contribution >= 0.6 is 0 Å². The average molecular weight is 156 g/mol. The molecule has 1 aliphatic rings. The molecule has 1 saturated carbocycles. The van der Waals surface area contributed by atoms with Gasteiger partial charge in [-0.05, 0) is 29.6 Å². The minimum Gasteiger partial charge on any atom is -0.396 e. The van der Waals surface area contributed by atoms with Crippen molar-refractivity contribution in [1.82, 2.24) is 0 Å². The maximum atomic E-state index is 8.77. The third kappa shape index (κ3) is 1.44. The normalized spacial score (nSPS) is 37.4. The monoisotopic (exact) mass is 156 g/mol. The molecule has 1 nitrogen and oxygen atoms in total. The highest BCUT2D eigenvalue weighted by atomic mass is 16.3. The summed E-state index contributed by atoms with van der Waals surface area (Å²) in [7, 11) is 0. The molecule has 0 amide bonds. The Balaban J connectivity index is 2.49. The fourth-order valence-corrected chi connectivity index (χ4v) is 1.95. The fraction of sp³-hybridized carbons (Fsp3) is 1.00. The van der Waals surface area contributed by atoms with Crippen LogP contribution in [0.5, 0.6) is 0 Å². The zero-order valence-corrected chi connectivity index (χ0v) is 8.15. The van der Waals surface area contributed by atoms with Crippen LogP contribution in [0.25, 0.3) is 0 Å². The maximum absolute atomic E-state index is 8.77. The van der Waals surface area contributed by atoms with Crippen molar-refractivity contribution >= 4 is 0 Å². The molecule has 0 aromatic rings. The van der Waals surface area contributed by atoms with E-state index in [2.05, 4.69) is 27.7 Å². The van der Waals surface area contributed by atoms with Crippen LogP contribution in [-0.4, -0.2) is 11.7 Å². The molecule has 1 rings (SSSR count). The SMILES string of the molecule is CC(C)(C)[C@@]1(C)C[C@@H]1CCO. The van der Waals surface area contributed by atoms with Gasteiger partial charge in [-0.15, -0.1) is 0 Å². The summed E-state index contributed by atoms with van der Waals surface area (Å²) in [5, 5.41) is 8.77. The predicted octanol–water partition coefficient (Wildman–Crippen LogP) is 2.44. The molecule has 0 heterocycles. The third-order valence-electron chi connectivity index (χ3n) is 3.60. The van der Waals surface area contributed by atoms with E-state index in [9.17, 15) is 0 Å². The molecule has 0 unspecified atom stereocenters. The van der Waals surface area contributed by atoms with Crippen LogP contribution in [0, 0.1) is 16.7 Å². The lowest BCUT2D eigenvalue weighted by Crippen LogP contribution is -2.20. The Morgan fingerprint density at radius 2 is 2.00 bits per heavy atom. The van der Waals surface area contributed by atoms with Gasteiger partial charge in [0.1, 0.15) is 0 Å². The van der Waals surface area contributed by atoms with Crippen LogP contribution in [0.1, 0.15) is 40.5 Å². The summed E-state index contributed by atoms with van der Waals surface area (Å²) in [4.78, 5) is 0. The molecule has 1 aliphatic carbocycles. The zero-order chi connectivity index (χ0) is 8.70. The van der Waals surface area contributed by atoms with E-state index in [1.807, 2.05) is 0 Å². The number of hydrogen-bond acceptors (Lipinski definition) is 1. The molecule has 0 aromatic carbocycles. The standard InChI is InChI=1S/C10H20O/c1-9(2,3)10(4)7-8(10)5-6-11/h8,11H,5-7H2,1-4H3/t8-,10-/m0/s1.